The van der Waals surface area contributed by atoms with E-state index in [1.807, 2.05) is 12.1 Å². The Kier molecular flexibility index (Phi) is 3.98. The fraction of sp³-hybridized carbons (Fsp3) is 0.600. The van der Waals surface area contributed by atoms with E-state index in [1.54, 1.807) is 12.1 Å². The summed E-state index contributed by atoms with van der Waals surface area (Å²) >= 11 is 0. The first kappa shape index (κ1) is 13.5. The Labute approximate surface area is 118 Å². The lowest BCUT2D eigenvalue weighted by Gasteiger charge is -2.43. The number of rotatable bonds is 3. The third kappa shape index (κ3) is 2.69. The van der Waals surface area contributed by atoms with Crippen LogP contribution in [0.1, 0.15) is 31.2 Å². The molecule has 0 aromatic heterocycles. The summed E-state index contributed by atoms with van der Waals surface area (Å²) in [5.41, 5.74) is 1.04. The molecule has 5 nitrogen and oxygen atoms in total. The molecule has 1 saturated heterocycles. The standard InChI is InChI=1S/C15H20N2O3/c18-17(19)13-6-2-1-5-12(13)11-16-9-10-20-15-8-4-3-7-14(15)16/h1-2,5-6,14-15H,3-4,7-11H2/t14-,15-/m0/s1. The van der Waals surface area contributed by atoms with Crippen LogP contribution in [0.5, 0.6) is 0 Å². The van der Waals surface area contributed by atoms with Crippen molar-refractivity contribution in [3.63, 3.8) is 0 Å². The fourth-order valence-corrected chi connectivity index (χ4v) is 3.41. The summed E-state index contributed by atoms with van der Waals surface area (Å²) in [7, 11) is 0. The zero-order valence-corrected chi connectivity index (χ0v) is 11.5. The topological polar surface area (TPSA) is 55.6 Å². The van der Waals surface area contributed by atoms with Crippen LogP contribution in [0, 0.1) is 10.1 Å². The van der Waals surface area contributed by atoms with Crippen molar-refractivity contribution >= 4 is 5.69 Å². The van der Waals surface area contributed by atoms with Crippen LogP contribution >= 0.6 is 0 Å². The van der Waals surface area contributed by atoms with Crippen LogP contribution in [-0.2, 0) is 11.3 Å². The van der Waals surface area contributed by atoms with Crippen molar-refractivity contribution in [3.05, 3.63) is 39.9 Å². The van der Waals surface area contributed by atoms with E-state index in [0.717, 1.165) is 31.6 Å². The Hall–Kier alpha value is -1.46. The second-order valence-corrected chi connectivity index (χ2v) is 5.62. The Morgan fingerprint density at radius 2 is 2.10 bits per heavy atom. The number of hydrogen-bond donors (Lipinski definition) is 0. The van der Waals surface area contributed by atoms with Crippen LogP contribution < -0.4 is 0 Å². The molecule has 108 valence electrons. The van der Waals surface area contributed by atoms with Gasteiger partial charge >= 0.3 is 0 Å². The molecule has 5 heteroatoms. The van der Waals surface area contributed by atoms with Gasteiger partial charge in [-0.2, -0.15) is 0 Å². The van der Waals surface area contributed by atoms with Gasteiger partial charge in [0.25, 0.3) is 5.69 Å². The van der Waals surface area contributed by atoms with E-state index in [1.165, 1.54) is 12.8 Å². The second kappa shape index (κ2) is 5.89. The average molecular weight is 276 g/mol. The number of para-hydroxylation sites is 1. The normalized spacial score (nSPS) is 27.0. The van der Waals surface area contributed by atoms with Gasteiger partial charge in [0.2, 0.25) is 0 Å². The minimum Gasteiger partial charge on any atom is -0.375 e. The zero-order chi connectivity index (χ0) is 13.9. The van der Waals surface area contributed by atoms with Gasteiger partial charge < -0.3 is 4.74 Å². The smallest absolute Gasteiger partial charge is 0.273 e. The lowest BCUT2D eigenvalue weighted by Crippen LogP contribution is -2.52. The Morgan fingerprint density at radius 1 is 1.30 bits per heavy atom. The van der Waals surface area contributed by atoms with Gasteiger partial charge in [-0.15, -0.1) is 0 Å². The van der Waals surface area contributed by atoms with Crippen molar-refractivity contribution in [1.82, 2.24) is 4.90 Å². The van der Waals surface area contributed by atoms with E-state index < -0.39 is 0 Å². The van der Waals surface area contributed by atoms with E-state index in [0.29, 0.717) is 18.7 Å². The minimum absolute atomic E-state index is 0.228. The highest BCUT2D eigenvalue weighted by Gasteiger charge is 2.34. The summed E-state index contributed by atoms with van der Waals surface area (Å²) in [6.07, 6.45) is 5.06. The van der Waals surface area contributed by atoms with Crippen LogP contribution in [0.15, 0.2) is 24.3 Å². The summed E-state index contributed by atoms with van der Waals surface area (Å²) in [6.45, 7) is 2.26. The Bertz CT molecular complexity index is 490. The van der Waals surface area contributed by atoms with Crippen molar-refractivity contribution in [2.75, 3.05) is 13.2 Å². The summed E-state index contributed by atoms with van der Waals surface area (Å²) in [5.74, 6) is 0. The number of nitrogens with zero attached hydrogens (tertiary/aromatic N) is 2. The van der Waals surface area contributed by atoms with Crippen molar-refractivity contribution in [1.29, 1.82) is 0 Å². The number of morpholine rings is 1. The largest absolute Gasteiger partial charge is 0.375 e. The van der Waals surface area contributed by atoms with Gasteiger partial charge in [-0.1, -0.05) is 31.0 Å². The molecule has 0 N–H and O–H groups in total. The molecule has 0 radical (unpaired) electrons. The monoisotopic (exact) mass is 276 g/mol. The molecule has 1 aliphatic carbocycles. The molecule has 0 unspecified atom stereocenters. The molecule has 1 saturated carbocycles. The number of nitro benzene ring substituents is 1. The molecule has 1 heterocycles. The van der Waals surface area contributed by atoms with Crippen LogP contribution in [0.4, 0.5) is 5.69 Å². The molecular formula is C15H20N2O3. The molecular weight excluding hydrogens is 256 g/mol. The molecule has 0 amide bonds. The highest BCUT2D eigenvalue weighted by atomic mass is 16.6. The van der Waals surface area contributed by atoms with Gasteiger partial charge in [0.1, 0.15) is 0 Å². The van der Waals surface area contributed by atoms with Crippen LogP contribution in [0.2, 0.25) is 0 Å². The minimum atomic E-state index is -0.284. The summed E-state index contributed by atoms with van der Waals surface area (Å²) in [5, 5.41) is 11.1. The maximum Gasteiger partial charge on any atom is 0.273 e. The van der Waals surface area contributed by atoms with E-state index in [-0.39, 0.29) is 10.6 Å². The summed E-state index contributed by atoms with van der Waals surface area (Å²) < 4.78 is 5.85. The van der Waals surface area contributed by atoms with Crippen LogP contribution in [0.25, 0.3) is 0 Å². The summed E-state index contributed by atoms with van der Waals surface area (Å²) in [6, 6.07) is 7.49. The number of benzene rings is 1. The van der Waals surface area contributed by atoms with Gasteiger partial charge in [0.05, 0.1) is 17.6 Å². The Balaban J connectivity index is 1.78. The van der Waals surface area contributed by atoms with Crippen LogP contribution in [-0.4, -0.2) is 35.1 Å². The SMILES string of the molecule is O=[N+]([O-])c1ccccc1CN1CCO[C@H]2CCCC[C@@H]21. The van der Waals surface area contributed by atoms with Gasteiger partial charge in [0.15, 0.2) is 0 Å². The van der Waals surface area contributed by atoms with Crippen molar-refractivity contribution in [3.8, 4) is 0 Å². The van der Waals surface area contributed by atoms with Gasteiger partial charge in [0, 0.05) is 30.8 Å². The quantitative estimate of drug-likeness (QED) is 0.629. The van der Waals surface area contributed by atoms with Crippen LogP contribution in [0.3, 0.4) is 0 Å². The maximum absolute atomic E-state index is 11.1. The molecule has 1 aliphatic heterocycles. The predicted octanol–water partition coefficient (Wildman–Crippen LogP) is 2.74. The third-order valence-corrected chi connectivity index (χ3v) is 4.41. The number of nitro groups is 1. The number of fused-ring (bicyclic) bond motifs is 1. The molecule has 1 aromatic rings. The van der Waals surface area contributed by atoms with Crippen molar-refractivity contribution in [2.45, 2.75) is 44.4 Å². The molecule has 2 atom stereocenters. The lowest BCUT2D eigenvalue weighted by molar-refractivity contribution is -0.385. The highest BCUT2D eigenvalue weighted by Crippen LogP contribution is 2.30. The van der Waals surface area contributed by atoms with Gasteiger partial charge in [-0.3, -0.25) is 15.0 Å². The fourth-order valence-electron chi connectivity index (χ4n) is 3.41. The predicted molar refractivity (Wildman–Crippen MR) is 75.5 cm³/mol. The maximum atomic E-state index is 11.1. The average Bonchev–Trinajstić information content (AvgIpc) is 2.48. The zero-order valence-electron chi connectivity index (χ0n) is 11.5. The highest BCUT2D eigenvalue weighted by molar-refractivity contribution is 5.39. The molecule has 3 rings (SSSR count). The molecule has 1 aromatic carbocycles. The number of hydrogen-bond acceptors (Lipinski definition) is 4. The molecule has 20 heavy (non-hydrogen) atoms. The first-order valence-electron chi connectivity index (χ1n) is 7.33. The third-order valence-electron chi connectivity index (χ3n) is 4.41. The summed E-state index contributed by atoms with van der Waals surface area (Å²) in [4.78, 5) is 13.2. The van der Waals surface area contributed by atoms with Crippen molar-refractivity contribution in [2.24, 2.45) is 0 Å². The lowest BCUT2D eigenvalue weighted by atomic mass is 9.90. The van der Waals surface area contributed by atoms with Crippen molar-refractivity contribution < 1.29 is 9.66 Å². The van der Waals surface area contributed by atoms with E-state index >= 15 is 0 Å². The molecule has 2 fully saturated rings. The molecule has 0 spiro atoms. The molecule has 0 bridgehead atoms. The van der Waals surface area contributed by atoms with Gasteiger partial charge in [-0.25, -0.2) is 0 Å². The van der Waals surface area contributed by atoms with E-state index in [9.17, 15) is 10.1 Å². The first-order chi connectivity index (χ1) is 9.75. The first-order valence-corrected chi connectivity index (χ1v) is 7.33. The second-order valence-electron chi connectivity index (χ2n) is 5.62. The van der Waals surface area contributed by atoms with Gasteiger partial charge in [-0.05, 0) is 12.8 Å². The number of ether oxygens (including phenoxy) is 1. The molecule has 2 aliphatic rings. The van der Waals surface area contributed by atoms with E-state index in [4.69, 9.17) is 4.74 Å². The Morgan fingerprint density at radius 3 is 2.95 bits per heavy atom. The van der Waals surface area contributed by atoms with E-state index in [2.05, 4.69) is 4.90 Å².